The standard InChI is InChI=1S/C25H39N5O11.Gd/c1-2-41-24-21(22(37)23(24)38)26-5-3-4-17(25(39)40)30-12-10-28(15-19(33)34)8-6-27(14-18(31)32)7-9-29(11-13-30)16-20(35)36;/h17,26H,2-16H2,1H3,(H,31,32)(H,33,34)(H,35,36)(H,39,40);. The third kappa shape index (κ3) is 12.5. The number of carbonyl (C=O) groups is 4. The zero-order valence-corrected chi connectivity index (χ0v) is 25.7. The smallest absolute Gasteiger partial charge is 0.320 e. The van der Waals surface area contributed by atoms with Gasteiger partial charge >= 0.3 is 23.9 Å². The van der Waals surface area contributed by atoms with Gasteiger partial charge in [0.05, 0.1) is 26.2 Å². The molecule has 1 unspecified atom stereocenters. The summed E-state index contributed by atoms with van der Waals surface area (Å²) in [5.74, 6) is -4.36. The molecular weight excluding hydrogens is 704 g/mol. The van der Waals surface area contributed by atoms with Crippen LogP contribution in [0.15, 0.2) is 9.59 Å². The Kier molecular flexibility index (Phi) is 17.2. The summed E-state index contributed by atoms with van der Waals surface area (Å²) < 4.78 is 5.17. The van der Waals surface area contributed by atoms with Gasteiger partial charge in [-0.3, -0.25) is 48.4 Å². The number of ether oxygens (including phenoxy) is 1. The van der Waals surface area contributed by atoms with Crippen molar-refractivity contribution in [3.8, 4) is 5.75 Å². The normalized spacial score (nSPS) is 17.4. The van der Waals surface area contributed by atoms with E-state index >= 15 is 0 Å². The van der Waals surface area contributed by atoms with Crippen molar-refractivity contribution in [3.63, 3.8) is 0 Å². The van der Waals surface area contributed by atoms with Gasteiger partial charge in [-0.1, -0.05) is 0 Å². The van der Waals surface area contributed by atoms with Crippen molar-refractivity contribution in [2.45, 2.75) is 25.8 Å². The van der Waals surface area contributed by atoms with Gasteiger partial charge in [0.15, 0.2) is 5.75 Å². The predicted octanol–water partition coefficient (Wildman–Crippen LogP) is -2.20. The molecule has 1 aliphatic heterocycles. The van der Waals surface area contributed by atoms with Crippen molar-refractivity contribution in [1.82, 2.24) is 19.6 Å². The third-order valence-electron chi connectivity index (χ3n) is 6.79. The molecular formula is C25H39GdN5O11. The molecule has 42 heavy (non-hydrogen) atoms. The molecule has 1 saturated heterocycles. The van der Waals surface area contributed by atoms with Gasteiger partial charge in [0.25, 0.3) is 10.9 Å². The number of aliphatic carboxylic acids is 4. The molecule has 0 saturated carbocycles. The first kappa shape index (κ1) is 37.7. The van der Waals surface area contributed by atoms with E-state index in [1.807, 2.05) is 0 Å². The van der Waals surface area contributed by atoms with Crippen molar-refractivity contribution < 1.29 is 84.3 Å². The molecule has 238 valence electrons. The predicted molar refractivity (Wildman–Crippen MR) is 145 cm³/mol. The van der Waals surface area contributed by atoms with Gasteiger partial charge in [0.1, 0.15) is 11.7 Å². The minimum Gasteiger partial charge on any atom is -0.488 e. The number of nitrogens with zero attached hydrogens (tertiary/aromatic N) is 4. The molecule has 17 heteroatoms. The van der Waals surface area contributed by atoms with Crippen molar-refractivity contribution in [1.29, 1.82) is 0 Å². The van der Waals surface area contributed by atoms with Gasteiger partial charge in [-0.2, -0.15) is 0 Å². The number of hydrogen-bond acceptors (Lipinski definition) is 12. The third-order valence-corrected chi connectivity index (χ3v) is 6.79. The van der Waals surface area contributed by atoms with E-state index in [0.717, 1.165) is 0 Å². The van der Waals surface area contributed by atoms with E-state index in [9.17, 15) is 49.2 Å². The van der Waals surface area contributed by atoms with E-state index in [0.29, 0.717) is 6.42 Å². The van der Waals surface area contributed by atoms with E-state index in [1.165, 1.54) is 0 Å². The summed E-state index contributed by atoms with van der Waals surface area (Å²) in [7, 11) is 0. The van der Waals surface area contributed by atoms with E-state index in [4.69, 9.17) is 4.74 Å². The second kappa shape index (κ2) is 19.1. The van der Waals surface area contributed by atoms with Gasteiger partial charge < -0.3 is 30.5 Å². The van der Waals surface area contributed by atoms with E-state index in [-0.39, 0.29) is 143 Å². The summed E-state index contributed by atoms with van der Waals surface area (Å²) in [6, 6.07) is -0.985. The van der Waals surface area contributed by atoms with Crippen LogP contribution in [0.2, 0.25) is 0 Å². The Balaban J connectivity index is 0.00000882. The van der Waals surface area contributed by atoms with Gasteiger partial charge in [-0.25, -0.2) is 0 Å². The molecule has 0 bridgehead atoms. The maximum atomic E-state index is 12.3. The van der Waals surface area contributed by atoms with Crippen LogP contribution in [0.5, 0.6) is 5.75 Å². The minimum absolute atomic E-state index is 0. The molecule has 1 heterocycles. The SMILES string of the molecule is CCOc1c(NCCCC(C(=O)O)N2CCN(CC(=O)O)CCN(CC(=O)O)CCN(CC(=O)O)CC2)c(=O)c1=O.[Gd]. The fourth-order valence-electron chi connectivity index (χ4n) is 4.70. The maximum Gasteiger partial charge on any atom is 0.320 e. The fraction of sp³-hybridized carbons (Fsp3) is 0.680. The number of rotatable bonds is 15. The zero-order chi connectivity index (χ0) is 30.5. The average Bonchev–Trinajstić information content (AvgIpc) is 2.89. The van der Waals surface area contributed by atoms with E-state index < -0.39 is 40.8 Å². The van der Waals surface area contributed by atoms with Crippen LogP contribution in [0, 0.1) is 39.9 Å². The quantitative estimate of drug-likeness (QED) is 0.0952. The number of nitrogens with one attached hydrogen (secondary N) is 1. The van der Waals surface area contributed by atoms with Crippen LogP contribution in [-0.2, 0) is 19.2 Å². The van der Waals surface area contributed by atoms with Gasteiger partial charge in [-0.05, 0) is 19.8 Å². The first-order valence-corrected chi connectivity index (χ1v) is 13.4. The molecule has 1 aliphatic rings. The van der Waals surface area contributed by atoms with Crippen LogP contribution in [0.1, 0.15) is 19.8 Å². The van der Waals surface area contributed by atoms with Crippen LogP contribution in [-0.4, -0.2) is 155 Å². The van der Waals surface area contributed by atoms with Crippen molar-refractivity contribution in [2.75, 3.05) is 90.5 Å². The number of carboxylic acids is 4. The Morgan fingerprint density at radius 3 is 1.57 bits per heavy atom. The maximum absolute atomic E-state index is 12.3. The number of anilines is 1. The Morgan fingerprint density at radius 2 is 1.19 bits per heavy atom. The molecule has 1 fully saturated rings. The van der Waals surface area contributed by atoms with Crippen LogP contribution in [0.4, 0.5) is 5.69 Å². The Bertz CT molecular complexity index is 1090. The average molecular weight is 743 g/mol. The summed E-state index contributed by atoms with van der Waals surface area (Å²) in [6.07, 6.45) is 0.478. The molecule has 5 N–H and O–H groups in total. The molecule has 0 radical (unpaired) electrons. The largest absolute Gasteiger partial charge is 0.488 e. The molecule has 16 nitrogen and oxygen atoms in total. The van der Waals surface area contributed by atoms with Crippen molar-refractivity contribution >= 4 is 29.6 Å². The second-order valence-corrected chi connectivity index (χ2v) is 9.76. The summed E-state index contributed by atoms with van der Waals surface area (Å²) in [6.45, 7) is 2.81. The summed E-state index contributed by atoms with van der Waals surface area (Å²) in [4.78, 5) is 76.5. The summed E-state index contributed by atoms with van der Waals surface area (Å²) >= 11 is 0. The van der Waals surface area contributed by atoms with Crippen LogP contribution < -0.4 is 20.9 Å². The Morgan fingerprint density at radius 1 is 0.762 bits per heavy atom. The molecule has 2 rings (SSSR count). The van der Waals surface area contributed by atoms with Gasteiger partial charge in [0, 0.05) is 98.8 Å². The number of carboxylic acid groups (broad SMARTS) is 4. The van der Waals surface area contributed by atoms with E-state index in [2.05, 4.69) is 5.32 Å². The Labute approximate surface area is 274 Å². The molecule has 0 aromatic heterocycles. The van der Waals surface area contributed by atoms with Crippen LogP contribution in [0.3, 0.4) is 0 Å². The second-order valence-electron chi connectivity index (χ2n) is 9.76. The Hall–Kier alpha value is -2.28. The molecule has 1 aromatic carbocycles. The summed E-state index contributed by atoms with van der Waals surface area (Å²) in [5.41, 5.74) is -1.33. The van der Waals surface area contributed by atoms with Crippen LogP contribution in [0.25, 0.3) is 0 Å². The molecule has 0 aliphatic carbocycles. The van der Waals surface area contributed by atoms with Gasteiger partial charge in [0.2, 0.25) is 0 Å². The molecule has 1 aromatic rings. The fourth-order valence-corrected chi connectivity index (χ4v) is 4.70. The summed E-state index contributed by atoms with van der Waals surface area (Å²) in [5, 5.41) is 40.9. The monoisotopic (exact) mass is 743 g/mol. The van der Waals surface area contributed by atoms with E-state index in [1.54, 1.807) is 26.5 Å². The van der Waals surface area contributed by atoms with Crippen LogP contribution >= 0.6 is 0 Å². The molecule has 0 spiro atoms. The molecule has 1 atom stereocenters. The molecule has 0 amide bonds. The van der Waals surface area contributed by atoms with Gasteiger partial charge in [-0.15, -0.1) is 0 Å². The topological polar surface area (TPSA) is 218 Å². The first-order chi connectivity index (χ1) is 19.4. The minimum atomic E-state index is -1.11. The van der Waals surface area contributed by atoms with Crippen molar-refractivity contribution in [2.24, 2.45) is 0 Å². The zero-order valence-electron chi connectivity index (χ0n) is 23.5. The number of hydrogen-bond donors (Lipinski definition) is 5. The van der Waals surface area contributed by atoms with Crippen molar-refractivity contribution in [3.05, 3.63) is 20.4 Å². The first-order valence-electron chi connectivity index (χ1n) is 13.4.